The van der Waals surface area contributed by atoms with Crippen LogP contribution in [0.15, 0.2) is 39.3 Å². The summed E-state index contributed by atoms with van der Waals surface area (Å²) in [7, 11) is 1.96. The highest BCUT2D eigenvalue weighted by atomic mass is 79.9. The lowest BCUT2D eigenvalue weighted by atomic mass is 9.93. The van der Waals surface area contributed by atoms with Gasteiger partial charge in [0, 0.05) is 14.0 Å². The topological polar surface area (TPSA) is 12.0 Å². The van der Waals surface area contributed by atoms with E-state index in [1.165, 1.54) is 16.7 Å². The Labute approximate surface area is 142 Å². The molecule has 20 heavy (non-hydrogen) atoms. The second-order valence-electron chi connectivity index (χ2n) is 4.85. The minimum absolute atomic E-state index is 0.0757. The average Bonchev–Trinajstić information content (AvgIpc) is 2.40. The molecule has 0 spiro atoms. The van der Waals surface area contributed by atoms with E-state index in [1.807, 2.05) is 19.2 Å². The van der Waals surface area contributed by atoms with E-state index in [1.54, 1.807) is 0 Å². The Morgan fingerprint density at radius 3 is 2.35 bits per heavy atom. The smallest absolute Gasteiger partial charge is 0.0592 e. The van der Waals surface area contributed by atoms with Crippen LogP contribution in [0, 0.1) is 13.8 Å². The van der Waals surface area contributed by atoms with E-state index in [-0.39, 0.29) is 6.04 Å². The number of aryl methyl sites for hydroxylation is 2. The standard InChI is InChI=1S/C16H16Br2ClN/c1-9-7-14(18)10(2)6-12(9)16(20-3)13-8-11(17)4-5-15(13)19/h4-8,16,20H,1-3H3. The summed E-state index contributed by atoms with van der Waals surface area (Å²) >= 11 is 13.5. The predicted molar refractivity (Wildman–Crippen MR) is 93.7 cm³/mol. The molecule has 2 aromatic rings. The molecule has 106 valence electrons. The van der Waals surface area contributed by atoms with Crippen molar-refractivity contribution in [1.29, 1.82) is 0 Å². The first-order valence-electron chi connectivity index (χ1n) is 6.33. The molecule has 1 N–H and O–H groups in total. The van der Waals surface area contributed by atoms with E-state index in [9.17, 15) is 0 Å². The molecule has 0 aliphatic carbocycles. The highest BCUT2D eigenvalue weighted by molar-refractivity contribution is 9.10. The molecular weight excluding hydrogens is 401 g/mol. The number of benzene rings is 2. The molecule has 0 aromatic heterocycles. The summed E-state index contributed by atoms with van der Waals surface area (Å²) in [6.07, 6.45) is 0. The van der Waals surface area contributed by atoms with Gasteiger partial charge in [0.2, 0.25) is 0 Å². The predicted octanol–water partition coefficient (Wildman–Crippen LogP) is 5.79. The molecule has 0 fully saturated rings. The molecule has 1 unspecified atom stereocenters. The zero-order valence-electron chi connectivity index (χ0n) is 11.6. The van der Waals surface area contributed by atoms with Crippen molar-refractivity contribution in [2.45, 2.75) is 19.9 Å². The van der Waals surface area contributed by atoms with Gasteiger partial charge in [-0.25, -0.2) is 0 Å². The monoisotopic (exact) mass is 415 g/mol. The largest absolute Gasteiger partial charge is 0.309 e. The Bertz CT molecular complexity index is 641. The Balaban J connectivity index is 2.58. The summed E-state index contributed by atoms with van der Waals surface area (Å²) in [5.41, 5.74) is 4.77. The van der Waals surface area contributed by atoms with Crippen molar-refractivity contribution < 1.29 is 0 Å². The van der Waals surface area contributed by atoms with E-state index < -0.39 is 0 Å². The van der Waals surface area contributed by atoms with Gasteiger partial charge in [0.05, 0.1) is 6.04 Å². The summed E-state index contributed by atoms with van der Waals surface area (Å²) in [4.78, 5) is 0. The van der Waals surface area contributed by atoms with E-state index >= 15 is 0 Å². The van der Waals surface area contributed by atoms with Crippen molar-refractivity contribution >= 4 is 43.5 Å². The maximum Gasteiger partial charge on any atom is 0.0592 e. The Hall–Kier alpha value is -0.350. The molecule has 0 saturated carbocycles. The van der Waals surface area contributed by atoms with E-state index in [0.29, 0.717) is 0 Å². The number of hydrogen-bond donors (Lipinski definition) is 1. The van der Waals surface area contributed by atoms with Crippen molar-refractivity contribution in [3.8, 4) is 0 Å². The maximum absolute atomic E-state index is 6.37. The Morgan fingerprint density at radius 2 is 1.70 bits per heavy atom. The van der Waals surface area contributed by atoms with Crippen LogP contribution in [0.5, 0.6) is 0 Å². The normalized spacial score (nSPS) is 12.5. The van der Waals surface area contributed by atoms with Crippen LogP contribution in [-0.2, 0) is 0 Å². The molecule has 2 aromatic carbocycles. The Kier molecular flexibility index (Phi) is 5.30. The van der Waals surface area contributed by atoms with E-state index in [2.05, 4.69) is 69.2 Å². The first-order valence-corrected chi connectivity index (χ1v) is 8.29. The summed E-state index contributed by atoms with van der Waals surface area (Å²) < 4.78 is 2.16. The summed E-state index contributed by atoms with van der Waals surface area (Å²) in [6, 6.07) is 10.4. The third-order valence-electron chi connectivity index (χ3n) is 3.42. The van der Waals surface area contributed by atoms with Crippen LogP contribution in [-0.4, -0.2) is 7.05 Å². The lowest BCUT2D eigenvalue weighted by Crippen LogP contribution is -2.19. The molecule has 4 heteroatoms. The molecule has 1 nitrogen and oxygen atoms in total. The van der Waals surface area contributed by atoms with Gasteiger partial charge in [0.15, 0.2) is 0 Å². The van der Waals surface area contributed by atoms with Crippen molar-refractivity contribution in [2.24, 2.45) is 0 Å². The minimum Gasteiger partial charge on any atom is -0.309 e. The van der Waals surface area contributed by atoms with E-state index in [0.717, 1.165) is 19.5 Å². The summed E-state index contributed by atoms with van der Waals surface area (Å²) in [5.74, 6) is 0. The molecule has 0 bridgehead atoms. The third-order valence-corrected chi connectivity index (χ3v) is 5.11. The average molecular weight is 418 g/mol. The van der Waals surface area contributed by atoms with Crippen molar-refractivity contribution in [3.05, 3.63) is 66.6 Å². The number of nitrogens with one attached hydrogen (secondary N) is 1. The van der Waals surface area contributed by atoms with Gasteiger partial charge < -0.3 is 5.32 Å². The Morgan fingerprint density at radius 1 is 1.00 bits per heavy atom. The van der Waals surface area contributed by atoms with Crippen molar-refractivity contribution in [2.75, 3.05) is 7.05 Å². The highest BCUT2D eigenvalue weighted by Gasteiger charge is 2.18. The molecule has 1 atom stereocenters. The number of rotatable bonds is 3. The molecule has 0 aliphatic rings. The number of hydrogen-bond acceptors (Lipinski definition) is 1. The first kappa shape index (κ1) is 16.0. The molecule has 0 amide bonds. The van der Waals surface area contributed by atoms with Crippen molar-refractivity contribution in [1.82, 2.24) is 5.32 Å². The molecule has 0 heterocycles. The first-order chi connectivity index (χ1) is 9.43. The van der Waals surface area contributed by atoms with Gasteiger partial charge in [-0.3, -0.25) is 0 Å². The fourth-order valence-electron chi connectivity index (χ4n) is 2.33. The van der Waals surface area contributed by atoms with Crippen LogP contribution in [0.1, 0.15) is 28.3 Å². The maximum atomic E-state index is 6.37. The van der Waals surface area contributed by atoms with Gasteiger partial charge in [0.1, 0.15) is 0 Å². The summed E-state index contributed by atoms with van der Waals surface area (Å²) in [5, 5.41) is 4.14. The lowest BCUT2D eigenvalue weighted by Gasteiger charge is -2.22. The minimum atomic E-state index is 0.0757. The van der Waals surface area contributed by atoms with Gasteiger partial charge in [-0.05, 0) is 67.4 Å². The van der Waals surface area contributed by atoms with Gasteiger partial charge in [-0.15, -0.1) is 0 Å². The molecule has 0 aliphatic heterocycles. The molecule has 0 saturated heterocycles. The fraction of sp³-hybridized carbons (Fsp3) is 0.250. The lowest BCUT2D eigenvalue weighted by molar-refractivity contribution is 0.686. The van der Waals surface area contributed by atoms with Crippen LogP contribution < -0.4 is 5.32 Å². The SMILES string of the molecule is CNC(c1cc(C)c(Br)cc1C)c1cc(Br)ccc1Cl. The molecule has 2 rings (SSSR count). The van der Waals surface area contributed by atoms with Crippen LogP contribution in [0.3, 0.4) is 0 Å². The second-order valence-corrected chi connectivity index (χ2v) is 7.02. The molecular formula is C16H16Br2ClN. The van der Waals surface area contributed by atoms with Gasteiger partial charge in [-0.2, -0.15) is 0 Å². The van der Waals surface area contributed by atoms with Crippen LogP contribution >= 0.6 is 43.5 Å². The van der Waals surface area contributed by atoms with Crippen molar-refractivity contribution in [3.63, 3.8) is 0 Å². The van der Waals surface area contributed by atoms with Crippen LogP contribution in [0.2, 0.25) is 5.02 Å². The van der Waals surface area contributed by atoms with Gasteiger partial charge in [-0.1, -0.05) is 49.5 Å². The zero-order valence-corrected chi connectivity index (χ0v) is 15.5. The second kappa shape index (κ2) is 6.61. The van der Waals surface area contributed by atoms with E-state index in [4.69, 9.17) is 11.6 Å². The summed E-state index contributed by atoms with van der Waals surface area (Å²) in [6.45, 7) is 4.22. The van der Waals surface area contributed by atoms with Crippen LogP contribution in [0.25, 0.3) is 0 Å². The zero-order chi connectivity index (χ0) is 14.9. The number of halogens is 3. The fourth-order valence-corrected chi connectivity index (χ4v) is 3.39. The highest BCUT2D eigenvalue weighted by Crippen LogP contribution is 2.34. The third kappa shape index (κ3) is 3.28. The molecule has 0 radical (unpaired) electrons. The quantitative estimate of drug-likeness (QED) is 0.666. The van der Waals surface area contributed by atoms with Gasteiger partial charge >= 0.3 is 0 Å². The van der Waals surface area contributed by atoms with Crippen LogP contribution in [0.4, 0.5) is 0 Å². The van der Waals surface area contributed by atoms with Gasteiger partial charge in [0.25, 0.3) is 0 Å².